The Morgan fingerprint density at radius 2 is 0.553 bits per heavy atom. The molecule has 0 saturated carbocycles. The van der Waals surface area contributed by atoms with Crippen molar-refractivity contribution in [3.63, 3.8) is 0 Å². The lowest BCUT2D eigenvalue weighted by atomic mass is 10.1. The molecule has 4 nitrogen and oxygen atoms in total. The molecule has 0 fully saturated rings. The predicted octanol–water partition coefficient (Wildman–Crippen LogP) is 6.00. The molecule has 0 spiro atoms. The average molecular weight is 534 g/mol. The van der Waals surface area contributed by atoms with Crippen LogP contribution < -0.4 is 21.2 Å². The molecular formula is C32H24O4P2. The number of rotatable bonds is 8. The summed E-state index contributed by atoms with van der Waals surface area (Å²) >= 11 is 0. The SMILES string of the molecule is O=C(c1ccccc1C(=O)P(=O)(c1ccccc1)c1ccccc1)P(=O)(c1ccccc1)c1ccccc1. The van der Waals surface area contributed by atoms with Crippen molar-refractivity contribution in [3.8, 4) is 0 Å². The lowest BCUT2D eigenvalue weighted by Gasteiger charge is -2.22. The number of carbonyl (C=O) groups is 2. The molecule has 6 heteroatoms. The van der Waals surface area contributed by atoms with Gasteiger partial charge in [-0.05, 0) is 0 Å². The van der Waals surface area contributed by atoms with E-state index in [0.29, 0.717) is 21.2 Å². The van der Waals surface area contributed by atoms with Gasteiger partial charge in [-0.2, -0.15) is 0 Å². The third kappa shape index (κ3) is 4.43. The second kappa shape index (κ2) is 10.7. The Bertz CT molecular complexity index is 1470. The molecule has 0 amide bonds. The largest absolute Gasteiger partial charge is 0.305 e. The summed E-state index contributed by atoms with van der Waals surface area (Å²) in [6.45, 7) is 0. The summed E-state index contributed by atoms with van der Waals surface area (Å²) in [5.41, 5.74) is -1.38. The van der Waals surface area contributed by atoms with Crippen molar-refractivity contribution in [3.05, 3.63) is 157 Å². The summed E-state index contributed by atoms with van der Waals surface area (Å²) in [6.07, 6.45) is 0. The molecule has 38 heavy (non-hydrogen) atoms. The molecule has 0 heterocycles. The van der Waals surface area contributed by atoms with Crippen LogP contribution in [0.5, 0.6) is 0 Å². The van der Waals surface area contributed by atoms with Crippen molar-refractivity contribution in [1.29, 1.82) is 0 Å². The molecule has 0 aliphatic heterocycles. The quantitative estimate of drug-likeness (QED) is 0.229. The third-order valence-corrected chi connectivity index (χ3v) is 12.2. The van der Waals surface area contributed by atoms with Gasteiger partial charge in [0.15, 0.2) is 0 Å². The van der Waals surface area contributed by atoms with E-state index < -0.39 is 25.3 Å². The van der Waals surface area contributed by atoms with E-state index >= 15 is 0 Å². The smallest absolute Gasteiger partial charge is 0.230 e. The summed E-state index contributed by atoms with van der Waals surface area (Å²) in [6, 6.07) is 40.5. The first-order valence-electron chi connectivity index (χ1n) is 12.1. The molecular weight excluding hydrogens is 510 g/mol. The van der Waals surface area contributed by atoms with Crippen LogP contribution in [0, 0.1) is 0 Å². The minimum absolute atomic E-state index is 0.0133. The third-order valence-electron chi connectivity index (χ3n) is 6.44. The standard InChI is InChI=1S/C32H24O4P2/c33-31(37(35,25-15-5-1-6-16-25)26-17-7-2-8-18-26)29-23-13-14-24-30(29)32(34)38(36,27-19-9-3-10-20-27)28-21-11-4-12-22-28/h1-24H. The first kappa shape index (κ1) is 25.5. The molecule has 186 valence electrons. The van der Waals surface area contributed by atoms with Gasteiger partial charge in [0.05, 0.1) is 0 Å². The van der Waals surface area contributed by atoms with Gasteiger partial charge in [-0.15, -0.1) is 0 Å². The molecule has 0 unspecified atom stereocenters. The summed E-state index contributed by atoms with van der Waals surface area (Å²) < 4.78 is 29.5. The number of benzene rings is 5. The van der Waals surface area contributed by atoms with Gasteiger partial charge >= 0.3 is 0 Å². The zero-order chi connectivity index (χ0) is 26.6. The van der Waals surface area contributed by atoms with E-state index in [1.807, 2.05) is 0 Å². The molecule has 0 bridgehead atoms. The maximum absolute atomic E-state index is 14.8. The first-order valence-corrected chi connectivity index (χ1v) is 15.5. The highest BCUT2D eigenvalue weighted by atomic mass is 31.2. The Morgan fingerprint density at radius 3 is 0.789 bits per heavy atom. The monoisotopic (exact) mass is 534 g/mol. The highest BCUT2D eigenvalue weighted by Crippen LogP contribution is 2.51. The molecule has 0 aromatic heterocycles. The lowest BCUT2D eigenvalue weighted by Crippen LogP contribution is -2.26. The zero-order valence-electron chi connectivity index (χ0n) is 20.4. The number of hydrogen-bond donors (Lipinski definition) is 0. The van der Waals surface area contributed by atoms with Gasteiger partial charge < -0.3 is 9.13 Å². The maximum atomic E-state index is 14.8. The minimum Gasteiger partial charge on any atom is -0.305 e. The molecule has 0 atom stereocenters. The molecule has 5 rings (SSSR count). The fraction of sp³-hybridized carbons (Fsp3) is 0. The van der Waals surface area contributed by atoms with Crippen LogP contribution in [0.25, 0.3) is 0 Å². The Morgan fingerprint density at radius 1 is 0.342 bits per heavy atom. The van der Waals surface area contributed by atoms with Crippen LogP contribution in [0.1, 0.15) is 20.7 Å². The van der Waals surface area contributed by atoms with Crippen molar-refractivity contribution in [1.82, 2.24) is 0 Å². The van der Waals surface area contributed by atoms with Crippen LogP contribution in [-0.2, 0) is 9.13 Å². The molecule has 5 aromatic carbocycles. The van der Waals surface area contributed by atoms with Crippen LogP contribution in [0.4, 0.5) is 0 Å². The van der Waals surface area contributed by atoms with Gasteiger partial charge in [-0.3, -0.25) is 9.59 Å². The van der Waals surface area contributed by atoms with Crippen LogP contribution in [0.3, 0.4) is 0 Å². The van der Waals surface area contributed by atoms with Crippen LogP contribution >= 0.6 is 14.3 Å². The van der Waals surface area contributed by atoms with Crippen LogP contribution in [-0.4, -0.2) is 11.0 Å². The Hall–Kier alpha value is -4.10. The second-order valence-electron chi connectivity index (χ2n) is 8.72. The van der Waals surface area contributed by atoms with Crippen molar-refractivity contribution >= 4 is 46.6 Å². The molecule has 0 N–H and O–H groups in total. The van der Waals surface area contributed by atoms with Crippen LogP contribution in [0.15, 0.2) is 146 Å². The van der Waals surface area contributed by atoms with E-state index in [1.165, 1.54) is 12.1 Å². The van der Waals surface area contributed by atoms with Crippen molar-refractivity contribution < 1.29 is 18.7 Å². The highest BCUT2D eigenvalue weighted by Gasteiger charge is 2.42. The van der Waals surface area contributed by atoms with Gasteiger partial charge in [0, 0.05) is 32.3 Å². The average Bonchev–Trinajstić information content (AvgIpc) is 3.01. The maximum Gasteiger partial charge on any atom is 0.230 e. The summed E-state index contributed by atoms with van der Waals surface area (Å²) in [7, 11) is -7.76. The summed E-state index contributed by atoms with van der Waals surface area (Å²) in [5, 5.41) is 1.47. The van der Waals surface area contributed by atoms with E-state index in [1.54, 1.807) is 133 Å². The van der Waals surface area contributed by atoms with Crippen molar-refractivity contribution in [2.75, 3.05) is 0 Å². The fourth-order valence-corrected chi connectivity index (χ4v) is 9.48. The lowest BCUT2D eigenvalue weighted by molar-refractivity contribution is 0.104. The normalized spacial score (nSPS) is 11.6. The number of hydrogen-bond acceptors (Lipinski definition) is 4. The molecule has 0 saturated heterocycles. The van der Waals surface area contributed by atoms with Gasteiger partial charge in [-0.1, -0.05) is 146 Å². The predicted molar refractivity (Wildman–Crippen MR) is 155 cm³/mol. The van der Waals surface area contributed by atoms with Crippen molar-refractivity contribution in [2.45, 2.75) is 0 Å². The first-order chi connectivity index (χ1) is 18.5. The van der Waals surface area contributed by atoms with Gasteiger partial charge in [0.1, 0.15) is 0 Å². The van der Waals surface area contributed by atoms with E-state index in [2.05, 4.69) is 0 Å². The minimum atomic E-state index is -3.88. The van der Waals surface area contributed by atoms with E-state index in [-0.39, 0.29) is 11.1 Å². The fourth-order valence-electron chi connectivity index (χ4n) is 4.51. The Balaban J connectivity index is 1.71. The summed E-state index contributed by atoms with van der Waals surface area (Å²) in [4.78, 5) is 28.6. The van der Waals surface area contributed by atoms with Gasteiger partial charge in [0.2, 0.25) is 25.3 Å². The van der Waals surface area contributed by atoms with E-state index in [0.717, 1.165) is 0 Å². The van der Waals surface area contributed by atoms with Gasteiger partial charge in [0.25, 0.3) is 0 Å². The molecule has 0 aliphatic rings. The highest BCUT2D eigenvalue weighted by molar-refractivity contribution is 7.94. The molecule has 5 aromatic rings. The number of carbonyl (C=O) groups excluding carboxylic acids is 2. The molecule has 0 radical (unpaired) electrons. The van der Waals surface area contributed by atoms with Crippen LogP contribution in [0.2, 0.25) is 0 Å². The second-order valence-corrected chi connectivity index (χ2v) is 14.0. The topological polar surface area (TPSA) is 68.3 Å². The summed E-state index contributed by atoms with van der Waals surface area (Å²) in [5.74, 6) is 0. The zero-order valence-corrected chi connectivity index (χ0v) is 22.2. The van der Waals surface area contributed by atoms with Crippen molar-refractivity contribution in [2.24, 2.45) is 0 Å². The molecule has 0 aliphatic carbocycles. The Labute approximate surface area is 221 Å². The van der Waals surface area contributed by atoms with E-state index in [4.69, 9.17) is 0 Å². The van der Waals surface area contributed by atoms with Gasteiger partial charge in [-0.25, -0.2) is 0 Å². The Kier molecular flexibility index (Phi) is 7.20. The van der Waals surface area contributed by atoms with E-state index in [9.17, 15) is 18.7 Å².